The van der Waals surface area contributed by atoms with Crippen LogP contribution in [-0.2, 0) is 4.79 Å². The number of carbonyl (C=O) groups excluding carboxylic acids is 1. The molecule has 1 amide bonds. The van der Waals surface area contributed by atoms with Gasteiger partial charge in [-0.15, -0.1) is 0 Å². The van der Waals surface area contributed by atoms with Crippen molar-refractivity contribution in [2.75, 3.05) is 11.9 Å². The van der Waals surface area contributed by atoms with Gasteiger partial charge in [0.05, 0.1) is 33.7 Å². The predicted octanol–water partition coefficient (Wildman–Crippen LogP) is 6.10. The number of rotatable bonds is 7. The van der Waals surface area contributed by atoms with Crippen LogP contribution in [0, 0.1) is 13.8 Å². The lowest BCUT2D eigenvalue weighted by Crippen LogP contribution is -2.33. The van der Waals surface area contributed by atoms with E-state index in [4.69, 9.17) is 17.2 Å². The van der Waals surface area contributed by atoms with Gasteiger partial charge in [-0.2, -0.15) is 0 Å². The molecule has 7 nitrogen and oxygen atoms in total. The van der Waals surface area contributed by atoms with E-state index >= 15 is 0 Å². The first kappa shape index (κ1) is 25.2. The molecule has 0 bridgehead atoms. The van der Waals surface area contributed by atoms with Crippen molar-refractivity contribution in [3.8, 4) is 5.13 Å². The molecule has 1 fully saturated rings. The highest BCUT2D eigenvalue weighted by Crippen LogP contribution is 2.40. The molecule has 0 saturated carbocycles. The molecule has 0 spiro atoms. The second kappa shape index (κ2) is 10.6. The Morgan fingerprint density at radius 2 is 1.92 bits per heavy atom. The Labute approximate surface area is 236 Å². The van der Waals surface area contributed by atoms with Crippen LogP contribution in [0.4, 0.5) is 5.69 Å². The Hall–Kier alpha value is -4.08. The third kappa shape index (κ3) is 5.03. The summed E-state index contributed by atoms with van der Waals surface area (Å²) < 4.78 is 3.26. The molecule has 2 atom stereocenters. The molecule has 9 heteroatoms. The lowest BCUT2D eigenvalue weighted by molar-refractivity contribution is -0.116. The van der Waals surface area contributed by atoms with Crippen LogP contribution in [0.2, 0.25) is 0 Å². The largest absolute Gasteiger partial charge is 0.352 e. The smallest absolute Gasteiger partial charge is 0.226 e. The van der Waals surface area contributed by atoms with Gasteiger partial charge in [-0.25, -0.2) is 4.98 Å². The SMILES string of the molecule is Cc1ccc(C)c(NC(=O)CCN2C(=S)N[C@H](c3ccccn3)[C@@H]2c2cccn2-c2nc3ccccc3s2)c1. The highest BCUT2D eigenvalue weighted by molar-refractivity contribution is 7.80. The second-order valence-corrected chi connectivity index (χ2v) is 11.1. The van der Waals surface area contributed by atoms with Crippen molar-refractivity contribution in [3.05, 3.63) is 108 Å². The fourth-order valence-electron chi connectivity index (χ4n) is 5.05. The summed E-state index contributed by atoms with van der Waals surface area (Å²) in [5.74, 6) is -0.0481. The van der Waals surface area contributed by atoms with E-state index in [-0.39, 0.29) is 18.0 Å². The van der Waals surface area contributed by atoms with E-state index in [0.717, 1.165) is 43.6 Å². The number of amides is 1. The zero-order valence-corrected chi connectivity index (χ0v) is 23.3. The molecule has 2 N–H and O–H groups in total. The number of benzene rings is 2. The van der Waals surface area contributed by atoms with Gasteiger partial charge in [0, 0.05) is 31.0 Å². The van der Waals surface area contributed by atoms with Gasteiger partial charge in [0.15, 0.2) is 10.2 Å². The number of aryl methyl sites for hydroxylation is 2. The first-order valence-corrected chi connectivity index (χ1v) is 14.1. The fraction of sp³-hybridized carbons (Fsp3) is 0.200. The van der Waals surface area contributed by atoms with Crippen LogP contribution in [-0.4, -0.2) is 37.0 Å². The normalized spacial score (nSPS) is 17.0. The number of thiocarbonyl (C=S) groups is 1. The van der Waals surface area contributed by atoms with E-state index in [1.54, 1.807) is 17.5 Å². The maximum atomic E-state index is 13.0. The minimum atomic E-state index is -0.178. The number of para-hydroxylation sites is 1. The maximum absolute atomic E-state index is 13.0. The van der Waals surface area contributed by atoms with E-state index in [1.165, 1.54) is 0 Å². The van der Waals surface area contributed by atoms with Gasteiger partial charge in [-0.1, -0.05) is 41.7 Å². The third-order valence-electron chi connectivity index (χ3n) is 7.02. The summed E-state index contributed by atoms with van der Waals surface area (Å²) in [5, 5.41) is 8.06. The minimum Gasteiger partial charge on any atom is -0.352 e. The van der Waals surface area contributed by atoms with Gasteiger partial charge in [0.25, 0.3) is 0 Å². The molecule has 196 valence electrons. The molecular weight excluding hydrogens is 525 g/mol. The molecule has 3 aromatic heterocycles. The zero-order valence-electron chi connectivity index (χ0n) is 21.7. The van der Waals surface area contributed by atoms with Gasteiger partial charge in [0.2, 0.25) is 5.91 Å². The van der Waals surface area contributed by atoms with Gasteiger partial charge in [-0.05, 0) is 79.7 Å². The number of hydrogen-bond donors (Lipinski definition) is 2. The molecule has 0 radical (unpaired) electrons. The van der Waals surface area contributed by atoms with E-state index in [2.05, 4.69) is 37.2 Å². The quantitative estimate of drug-likeness (QED) is 0.238. The molecule has 1 saturated heterocycles. The highest BCUT2D eigenvalue weighted by Gasteiger charge is 2.41. The number of nitrogens with one attached hydrogen (secondary N) is 2. The number of pyridine rings is 1. The molecule has 1 aliphatic heterocycles. The summed E-state index contributed by atoms with van der Waals surface area (Å²) >= 11 is 7.48. The maximum Gasteiger partial charge on any atom is 0.226 e. The van der Waals surface area contributed by atoms with E-state index in [0.29, 0.717) is 18.1 Å². The molecular formula is C30H28N6OS2. The first-order chi connectivity index (χ1) is 19.0. The van der Waals surface area contributed by atoms with Gasteiger partial charge >= 0.3 is 0 Å². The second-order valence-electron chi connectivity index (χ2n) is 9.70. The van der Waals surface area contributed by atoms with Crippen LogP contribution in [0.3, 0.4) is 0 Å². The lowest BCUT2D eigenvalue weighted by atomic mass is 10.0. The van der Waals surface area contributed by atoms with Crippen molar-refractivity contribution in [3.63, 3.8) is 0 Å². The summed E-state index contributed by atoms with van der Waals surface area (Å²) in [4.78, 5) is 24.7. The number of nitrogens with zero attached hydrogens (tertiary/aromatic N) is 4. The lowest BCUT2D eigenvalue weighted by Gasteiger charge is -2.28. The van der Waals surface area contributed by atoms with Crippen LogP contribution >= 0.6 is 23.6 Å². The molecule has 39 heavy (non-hydrogen) atoms. The zero-order chi connectivity index (χ0) is 26.9. The number of anilines is 1. The molecule has 6 rings (SSSR count). The number of thiazole rings is 1. The average Bonchev–Trinajstić information content (AvgIpc) is 3.66. The molecule has 5 aromatic rings. The Bertz CT molecular complexity index is 1630. The average molecular weight is 553 g/mol. The van der Waals surface area contributed by atoms with Crippen molar-refractivity contribution >= 4 is 50.5 Å². The van der Waals surface area contributed by atoms with Gasteiger partial charge in [0.1, 0.15) is 0 Å². The standard InChI is InChI=1S/C30H28N6OS2/c1-19-12-13-20(2)23(18-19)32-26(37)14-17-36-28(27(34-29(36)38)22-9-5-6-15-31-22)24-10-7-16-35(24)30-33-21-8-3-4-11-25(21)39-30/h3-13,15-16,18,27-28H,14,17H2,1-2H3,(H,32,37)(H,34,38)/t27-,28+/m1/s1. The first-order valence-electron chi connectivity index (χ1n) is 12.9. The summed E-state index contributed by atoms with van der Waals surface area (Å²) in [6, 6.07) is 23.9. The Balaban J connectivity index is 1.31. The number of aromatic nitrogens is 3. The summed E-state index contributed by atoms with van der Waals surface area (Å²) in [5.41, 5.74) is 5.88. The predicted molar refractivity (Wildman–Crippen MR) is 160 cm³/mol. The van der Waals surface area contributed by atoms with Gasteiger partial charge in [-0.3, -0.25) is 14.3 Å². The summed E-state index contributed by atoms with van der Waals surface area (Å²) in [7, 11) is 0. The third-order valence-corrected chi connectivity index (χ3v) is 8.40. The van der Waals surface area contributed by atoms with Crippen molar-refractivity contribution < 1.29 is 4.79 Å². The molecule has 4 heterocycles. The Morgan fingerprint density at radius 3 is 2.74 bits per heavy atom. The molecule has 0 aliphatic carbocycles. The molecule has 2 aromatic carbocycles. The molecule has 0 unspecified atom stereocenters. The van der Waals surface area contributed by atoms with Crippen LogP contribution in [0.15, 0.2) is 85.2 Å². The fourth-order valence-corrected chi connectivity index (χ4v) is 6.35. The Kier molecular flexibility index (Phi) is 6.85. The minimum absolute atomic E-state index is 0.0481. The van der Waals surface area contributed by atoms with Gasteiger partial charge < -0.3 is 15.5 Å². The van der Waals surface area contributed by atoms with E-state index < -0.39 is 0 Å². The van der Waals surface area contributed by atoms with Crippen molar-refractivity contribution in [2.24, 2.45) is 0 Å². The van der Waals surface area contributed by atoms with Crippen LogP contribution in [0.25, 0.3) is 15.3 Å². The summed E-state index contributed by atoms with van der Waals surface area (Å²) in [6.45, 7) is 4.48. The van der Waals surface area contributed by atoms with E-state index in [9.17, 15) is 4.79 Å². The monoisotopic (exact) mass is 552 g/mol. The van der Waals surface area contributed by atoms with Crippen molar-refractivity contribution in [1.82, 2.24) is 24.8 Å². The number of hydrogen-bond acceptors (Lipinski definition) is 5. The van der Waals surface area contributed by atoms with E-state index in [1.807, 2.05) is 80.7 Å². The van der Waals surface area contributed by atoms with Crippen LogP contribution in [0.1, 0.15) is 41.0 Å². The summed E-state index contributed by atoms with van der Waals surface area (Å²) in [6.07, 6.45) is 4.13. The number of carbonyl (C=O) groups is 1. The topological polar surface area (TPSA) is 75.1 Å². The van der Waals surface area contributed by atoms with Crippen molar-refractivity contribution in [2.45, 2.75) is 32.4 Å². The van der Waals surface area contributed by atoms with Crippen LogP contribution < -0.4 is 10.6 Å². The highest BCUT2D eigenvalue weighted by atomic mass is 32.1. The van der Waals surface area contributed by atoms with Crippen molar-refractivity contribution in [1.29, 1.82) is 0 Å². The Morgan fingerprint density at radius 1 is 1.08 bits per heavy atom. The number of fused-ring (bicyclic) bond motifs is 1. The van der Waals surface area contributed by atoms with Crippen LogP contribution in [0.5, 0.6) is 0 Å². The molecule has 1 aliphatic rings.